The molecule has 0 amide bonds. The van der Waals surface area contributed by atoms with Crippen LogP contribution in [0.15, 0.2) is 5.16 Å². The minimum atomic E-state index is -3.89. The Morgan fingerprint density at radius 2 is 2.07 bits per heavy atom. The largest absolute Gasteiger partial charge is 0.371 e. The first-order valence-electron chi connectivity index (χ1n) is 3.70. The van der Waals surface area contributed by atoms with E-state index in [2.05, 4.69) is 15.2 Å². The van der Waals surface area contributed by atoms with E-state index in [9.17, 15) is 8.42 Å². The van der Waals surface area contributed by atoms with Crippen molar-refractivity contribution in [1.82, 2.24) is 15.2 Å². The van der Waals surface area contributed by atoms with Crippen LogP contribution in [0, 0.1) is 0 Å². The van der Waals surface area contributed by atoms with Crippen LogP contribution in [-0.2, 0) is 19.4 Å². The van der Waals surface area contributed by atoms with Gasteiger partial charge in [0.15, 0.2) is 5.82 Å². The highest BCUT2D eigenvalue weighted by molar-refractivity contribution is 8.13. The second-order valence-corrected chi connectivity index (χ2v) is 5.58. The molecule has 0 aliphatic heterocycles. The molecule has 0 bridgehead atoms. The Hall–Kier alpha value is -0.660. The molecule has 1 heterocycles. The van der Waals surface area contributed by atoms with E-state index in [0.29, 0.717) is 5.82 Å². The maximum Gasteiger partial charge on any atom is 0.298 e. The van der Waals surface area contributed by atoms with Crippen LogP contribution in [0.5, 0.6) is 0 Å². The summed E-state index contributed by atoms with van der Waals surface area (Å²) in [6.07, 6.45) is 0. The molecule has 1 aromatic heterocycles. The van der Waals surface area contributed by atoms with Crippen LogP contribution in [0.2, 0.25) is 0 Å². The number of hydrogen-bond donors (Lipinski definition) is 1. The summed E-state index contributed by atoms with van der Waals surface area (Å²) in [4.78, 5) is 3.71. The summed E-state index contributed by atoms with van der Waals surface area (Å²) >= 11 is 0. The van der Waals surface area contributed by atoms with Crippen LogP contribution >= 0.6 is 10.7 Å². The Kier molecular flexibility index (Phi) is 2.84. The van der Waals surface area contributed by atoms with Crippen molar-refractivity contribution in [1.29, 1.82) is 0 Å². The van der Waals surface area contributed by atoms with Crippen molar-refractivity contribution in [2.45, 2.75) is 24.6 Å². The van der Waals surface area contributed by atoms with Gasteiger partial charge < -0.3 is 4.74 Å². The number of nitrogens with one attached hydrogen (secondary N) is 1. The molecule has 14 heavy (non-hydrogen) atoms. The standard InChI is InChI=1S/C6H10ClN3O3S/c1-6(2,13-3)4-8-5(10-9-4)14(7,11)12/h1-3H3,(H,8,9,10). The number of aromatic amines is 1. The van der Waals surface area contributed by atoms with Crippen molar-refractivity contribution in [2.75, 3.05) is 7.11 Å². The zero-order valence-electron chi connectivity index (χ0n) is 7.91. The number of halogens is 1. The number of hydrogen-bond acceptors (Lipinski definition) is 5. The third-order valence-electron chi connectivity index (χ3n) is 1.76. The van der Waals surface area contributed by atoms with Crippen LogP contribution in [0.25, 0.3) is 0 Å². The Balaban J connectivity index is 3.13. The number of rotatable bonds is 3. The lowest BCUT2D eigenvalue weighted by molar-refractivity contribution is 0.0116. The molecule has 0 atom stereocenters. The maximum atomic E-state index is 10.8. The number of methoxy groups -OCH3 is 1. The predicted molar refractivity (Wildman–Crippen MR) is 49.5 cm³/mol. The topological polar surface area (TPSA) is 84.9 Å². The summed E-state index contributed by atoms with van der Waals surface area (Å²) in [5.74, 6) is 0.305. The highest BCUT2D eigenvalue weighted by Gasteiger charge is 2.27. The van der Waals surface area contributed by atoms with Crippen molar-refractivity contribution in [3.05, 3.63) is 5.82 Å². The fourth-order valence-electron chi connectivity index (χ4n) is 0.721. The molecule has 0 radical (unpaired) electrons. The van der Waals surface area contributed by atoms with E-state index < -0.39 is 19.8 Å². The van der Waals surface area contributed by atoms with Crippen LogP contribution in [0.3, 0.4) is 0 Å². The molecule has 1 rings (SSSR count). The molecular formula is C6H10ClN3O3S. The van der Waals surface area contributed by atoms with Gasteiger partial charge in [0.25, 0.3) is 14.2 Å². The first-order valence-corrected chi connectivity index (χ1v) is 6.01. The molecule has 0 saturated carbocycles. The number of H-pyrrole nitrogens is 1. The van der Waals surface area contributed by atoms with Gasteiger partial charge in [-0.1, -0.05) is 0 Å². The minimum absolute atomic E-state index is 0.305. The summed E-state index contributed by atoms with van der Waals surface area (Å²) in [6.45, 7) is 3.44. The number of ether oxygens (including phenoxy) is 1. The van der Waals surface area contributed by atoms with E-state index in [4.69, 9.17) is 15.4 Å². The monoisotopic (exact) mass is 239 g/mol. The lowest BCUT2D eigenvalue weighted by Gasteiger charge is -2.18. The van der Waals surface area contributed by atoms with Crippen molar-refractivity contribution in [3.8, 4) is 0 Å². The molecule has 0 aliphatic rings. The van der Waals surface area contributed by atoms with Gasteiger partial charge in [-0.2, -0.15) is 4.98 Å². The van der Waals surface area contributed by atoms with Crippen LogP contribution < -0.4 is 0 Å². The van der Waals surface area contributed by atoms with E-state index >= 15 is 0 Å². The number of nitrogens with zero attached hydrogens (tertiary/aromatic N) is 2. The summed E-state index contributed by atoms with van der Waals surface area (Å²) in [5, 5.41) is 5.47. The fourth-order valence-corrected chi connectivity index (χ4v) is 1.28. The highest BCUT2D eigenvalue weighted by Crippen LogP contribution is 2.21. The van der Waals surface area contributed by atoms with Gasteiger partial charge in [0.1, 0.15) is 5.60 Å². The van der Waals surface area contributed by atoms with Crippen LogP contribution in [0.1, 0.15) is 19.7 Å². The van der Waals surface area contributed by atoms with E-state index in [1.165, 1.54) is 7.11 Å². The average Bonchev–Trinajstić information content (AvgIpc) is 2.51. The van der Waals surface area contributed by atoms with Crippen molar-refractivity contribution >= 4 is 19.7 Å². The van der Waals surface area contributed by atoms with Crippen LogP contribution in [-0.4, -0.2) is 30.7 Å². The average molecular weight is 240 g/mol. The summed E-state index contributed by atoms with van der Waals surface area (Å²) in [7, 11) is 2.65. The summed E-state index contributed by atoms with van der Waals surface area (Å²) in [5.41, 5.74) is -0.729. The first kappa shape index (κ1) is 11.4. The fraction of sp³-hybridized carbons (Fsp3) is 0.667. The van der Waals surface area contributed by atoms with Gasteiger partial charge in [0, 0.05) is 17.8 Å². The zero-order valence-corrected chi connectivity index (χ0v) is 9.48. The Labute approximate surface area is 86.1 Å². The minimum Gasteiger partial charge on any atom is -0.371 e. The molecule has 0 spiro atoms. The second-order valence-electron chi connectivity index (χ2n) is 3.12. The molecule has 0 aliphatic carbocycles. The Morgan fingerprint density at radius 1 is 1.50 bits per heavy atom. The Bertz CT molecular complexity index is 425. The molecule has 8 heteroatoms. The molecule has 0 aromatic carbocycles. The second kappa shape index (κ2) is 3.48. The number of aromatic nitrogens is 3. The van der Waals surface area contributed by atoms with Gasteiger partial charge >= 0.3 is 0 Å². The lowest BCUT2D eigenvalue weighted by Crippen LogP contribution is -2.21. The quantitative estimate of drug-likeness (QED) is 0.782. The maximum absolute atomic E-state index is 10.8. The van der Waals surface area contributed by atoms with Gasteiger partial charge in [-0.05, 0) is 13.8 Å². The van der Waals surface area contributed by atoms with Crippen molar-refractivity contribution in [3.63, 3.8) is 0 Å². The third-order valence-corrected chi connectivity index (χ3v) is 2.80. The van der Waals surface area contributed by atoms with E-state index in [1.54, 1.807) is 13.8 Å². The zero-order chi connectivity index (χ0) is 11.0. The first-order chi connectivity index (χ1) is 6.27. The summed E-state index contributed by atoms with van der Waals surface area (Å²) in [6, 6.07) is 0. The van der Waals surface area contributed by atoms with E-state index in [0.717, 1.165) is 0 Å². The predicted octanol–water partition coefficient (Wildman–Crippen LogP) is 0.614. The molecule has 80 valence electrons. The van der Waals surface area contributed by atoms with Crippen LogP contribution in [0.4, 0.5) is 0 Å². The molecule has 1 N–H and O–H groups in total. The summed E-state index contributed by atoms with van der Waals surface area (Å²) < 4.78 is 26.8. The van der Waals surface area contributed by atoms with E-state index in [-0.39, 0.29) is 0 Å². The normalized spacial score (nSPS) is 13.1. The van der Waals surface area contributed by atoms with Gasteiger partial charge in [0.05, 0.1) is 0 Å². The highest BCUT2D eigenvalue weighted by atomic mass is 35.7. The smallest absolute Gasteiger partial charge is 0.298 e. The van der Waals surface area contributed by atoms with Gasteiger partial charge in [-0.25, -0.2) is 8.42 Å². The van der Waals surface area contributed by atoms with E-state index in [1.807, 2.05) is 0 Å². The van der Waals surface area contributed by atoms with Gasteiger partial charge in [0.2, 0.25) is 0 Å². The third kappa shape index (κ3) is 2.23. The van der Waals surface area contributed by atoms with Crippen molar-refractivity contribution in [2.24, 2.45) is 0 Å². The van der Waals surface area contributed by atoms with Crippen molar-refractivity contribution < 1.29 is 13.2 Å². The van der Waals surface area contributed by atoms with Gasteiger partial charge in [-0.15, -0.1) is 5.10 Å². The molecular weight excluding hydrogens is 230 g/mol. The molecule has 0 unspecified atom stereocenters. The molecule has 1 aromatic rings. The molecule has 0 saturated heterocycles. The van der Waals surface area contributed by atoms with Gasteiger partial charge in [-0.3, -0.25) is 5.10 Å². The molecule has 6 nitrogen and oxygen atoms in total. The lowest BCUT2D eigenvalue weighted by atomic mass is 10.1. The Morgan fingerprint density at radius 3 is 2.43 bits per heavy atom. The molecule has 0 fully saturated rings. The SMILES string of the molecule is COC(C)(C)c1nc(S(=O)(=O)Cl)n[nH]1.